The van der Waals surface area contributed by atoms with Gasteiger partial charge in [0.2, 0.25) is 0 Å². The molecule has 1 aromatic carbocycles. The molecule has 1 aromatic rings. The van der Waals surface area contributed by atoms with Crippen LogP contribution < -0.4 is 4.74 Å². The van der Waals surface area contributed by atoms with E-state index in [1.54, 1.807) is 13.2 Å². The number of hydrogen-bond donors (Lipinski definition) is 0. The zero-order valence-electron chi connectivity index (χ0n) is 12.9. The van der Waals surface area contributed by atoms with E-state index in [4.69, 9.17) is 21.7 Å². The van der Waals surface area contributed by atoms with Crippen LogP contribution in [0.1, 0.15) is 18.9 Å². The summed E-state index contributed by atoms with van der Waals surface area (Å²) >= 11 is 6.36. The summed E-state index contributed by atoms with van der Waals surface area (Å²) in [6.45, 7) is 2.08. The SMILES string of the molecule is CCCOC(=O)CN1C(=O)C(=Cc2ccccc2OC)SC1=S. The molecule has 23 heavy (non-hydrogen) atoms. The van der Waals surface area contributed by atoms with Gasteiger partial charge in [0.1, 0.15) is 16.6 Å². The second kappa shape index (κ2) is 8.12. The molecule has 1 aliphatic rings. The first-order valence-corrected chi connectivity index (χ1v) is 8.33. The van der Waals surface area contributed by atoms with Crippen molar-refractivity contribution in [2.45, 2.75) is 13.3 Å². The third-order valence-electron chi connectivity index (χ3n) is 3.05. The summed E-state index contributed by atoms with van der Waals surface area (Å²) in [7, 11) is 1.57. The molecule has 0 aliphatic carbocycles. The summed E-state index contributed by atoms with van der Waals surface area (Å²) in [6.07, 6.45) is 2.45. The molecule has 5 nitrogen and oxygen atoms in total. The number of methoxy groups -OCH3 is 1. The lowest BCUT2D eigenvalue weighted by molar-refractivity contribution is -0.146. The molecule has 0 saturated carbocycles. The van der Waals surface area contributed by atoms with Crippen LogP contribution in [-0.2, 0) is 14.3 Å². The van der Waals surface area contributed by atoms with Gasteiger partial charge in [-0.2, -0.15) is 0 Å². The van der Waals surface area contributed by atoms with E-state index in [9.17, 15) is 9.59 Å². The first-order chi connectivity index (χ1) is 11.1. The zero-order valence-corrected chi connectivity index (χ0v) is 14.5. The van der Waals surface area contributed by atoms with E-state index < -0.39 is 5.97 Å². The number of carbonyl (C=O) groups is 2. The summed E-state index contributed by atoms with van der Waals surface area (Å²) in [5.41, 5.74) is 0.782. The number of carbonyl (C=O) groups excluding carboxylic acids is 2. The first kappa shape index (κ1) is 17.5. The van der Waals surface area contributed by atoms with Gasteiger partial charge in [0.25, 0.3) is 5.91 Å². The maximum atomic E-state index is 12.4. The van der Waals surface area contributed by atoms with Gasteiger partial charge in [-0.25, -0.2) is 0 Å². The van der Waals surface area contributed by atoms with Crippen LogP contribution in [0, 0.1) is 0 Å². The topological polar surface area (TPSA) is 55.8 Å². The molecule has 2 rings (SSSR count). The predicted molar refractivity (Wildman–Crippen MR) is 94.1 cm³/mol. The summed E-state index contributed by atoms with van der Waals surface area (Å²) in [5, 5.41) is 0. The van der Waals surface area contributed by atoms with Gasteiger partial charge in [0.15, 0.2) is 0 Å². The van der Waals surface area contributed by atoms with Crippen molar-refractivity contribution in [2.24, 2.45) is 0 Å². The molecule has 122 valence electrons. The molecular weight excluding hydrogens is 334 g/mol. The first-order valence-electron chi connectivity index (χ1n) is 7.10. The van der Waals surface area contributed by atoms with E-state index in [0.29, 0.717) is 21.6 Å². The average molecular weight is 351 g/mol. The van der Waals surface area contributed by atoms with Crippen molar-refractivity contribution < 1.29 is 19.1 Å². The second-order valence-electron chi connectivity index (χ2n) is 4.73. The average Bonchev–Trinajstić information content (AvgIpc) is 2.81. The molecule has 1 aliphatic heterocycles. The van der Waals surface area contributed by atoms with Crippen LogP contribution in [0.5, 0.6) is 5.75 Å². The lowest BCUT2D eigenvalue weighted by Crippen LogP contribution is -2.34. The van der Waals surface area contributed by atoms with E-state index in [1.807, 2.05) is 31.2 Å². The molecule has 1 amide bonds. The Kier molecular flexibility index (Phi) is 6.18. The molecule has 0 bridgehead atoms. The van der Waals surface area contributed by atoms with Crippen molar-refractivity contribution in [1.82, 2.24) is 4.90 Å². The van der Waals surface area contributed by atoms with Crippen molar-refractivity contribution in [3.05, 3.63) is 34.7 Å². The van der Waals surface area contributed by atoms with Gasteiger partial charge in [-0.3, -0.25) is 14.5 Å². The largest absolute Gasteiger partial charge is 0.496 e. The normalized spacial score (nSPS) is 16.1. The molecule has 0 N–H and O–H groups in total. The lowest BCUT2D eigenvalue weighted by Gasteiger charge is -2.13. The summed E-state index contributed by atoms with van der Waals surface area (Å²) < 4.78 is 10.6. The van der Waals surface area contributed by atoms with Crippen LogP contribution in [0.25, 0.3) is 6.08 Å². The number of esters is 1. The van der Waals surface area contributed by atoms with Gasteiger partial charge in [-0.15, -0.1) is 0 Å². The number of benzene rings is 1. The molecule has 1 heterocycles. The quantitative estimate of drug-likeness (QED) is 0.446. The van der Waals surface area contributed by atoms with Crippen LogP contribution >= 0.6 is 24.0 Å². The Labute approximate surface area is 144 Å². The van der Waals surface area contributed by atoms with Crippen LogP contribution in [-0.4, -0.2) is 41.4 Å². The number of amides is 1. The number of hydrogen-bond acceptors (Lipinski definition) is 6. The molecule has 7 heteroatoms. The van der Waals surface area contributed by atoms with Crippen molar-refractivity contribution in [2.75, 3.05) is 20.3 Å². The van der Waals surface area contributed by atoms with Crippen molar-refractivity contribution >= 4 is 46.3 Å². The van der Waals surface area contributed by atoms with E-state index in [-0.39, 0.29) is 12.5 Å². The molecular formula is C16H17NO4S2. The maximum absolute atomic E-state index is 12.4. The van der Waals surface area contributed by atoms with E-state index in [1.165, 1.54) is 16.7 Å². The van der Waals surface area contributed by atoms with Gasteiger partial charge in [0, 0.05) is 5.56 Å². The number of nitrogens with zero attached hydrogens (tertiary/aromatic N) is 1. The van der Waals surface area contributed by atoms with Gasteiger partial charge < -0.3 is 9.47 Å². The molecule has 0 aromatic heterocycles. The minimum atomic E-state index is -0.457. The molecule has 1 fully saturated rings. The molecule has 0 radical (unpaired) electrons. The van der Waals surface area contributed by atoms with Crippen molar-refractivity contribution in [3.63, 3.8) is 0 Å². The van der Waals surface area contributed by atoms with E-state index in [0.717, 1.165) is 12.0 Å². The smallest absolute Gasteiger partial charge is 0.326 e. The number of thioether (sulfide) groups is 1. The maximum Gasteiger partial charge on any atom is 0.326 e. The standard InChI is InChI=1S/C16H17NO4S2/c1-3-8-21-14(18)10-17-15(19)13(23-16(17)22)9-11-6-4-5-7-12(11)20-2/h4-7,9H,3,8,10H2,1-2H3. The Hall–Kier alpha value is -1.86. The monoisotopic (exact) mass is 351 g/mol. The Morgan fingerprint density at radius 1 is 1.39 bits per heavy atom. The van der Waals surface area contributed by atoms with E-state index >= 15 is 0 Å². The fourth-order valence-corrected chi connectivity index (χ4v) is 3.20. The third-order valence-corrected chi connectivity index (χ3v) is 4.43. The highest BCUT2D eigenvalue weighted by Crippen LogP contribution is 2.34. The molecule has 0 spiro atoms. The van der Waals surface area contributed by atoms with Crippen LogP contribution in [0.15, 0.2) is 29.2 Å². The summed E-state index contributed by atoms with van der Waals surface area (Å²) in [6, 6.07) is 7.37. The fraction of sp³-hybridized carbons (Fsp3) is 0.312. The van der Waals surface area contributed by atoms with Crippen LogP contribution in [0.2, 0.25) is 0 Å². The molecule has 0 atom stereocenters. The molecule has 1 saturated heterocycles. The predicted octanol–water partition coefficient (Wildman–Crippen LogP) is 2.85. The Morgan fingerprint density at radius 3 is 2.83 bits per heavy atom. The number of thiocarbonyl (C=S) groups is 1. The van der Waals surface area contributed by atoms with Crippen molar-refractivity contribution in [1.29, 1.82) is 0 Å². The highest BCUT2D eigenvalue weighted by molar-refractivity contribution is 8.26. The summed E-state index contributed by atoms with van der Waals surface area (Å²) in [5.74, 6) is -0.0822. The minimum absolute atomic E-state index is 0.159. The lowest BCUT2D eigenvalue weighted by atomic mass is 10.2. The fourth-order valence-electron chi connectivity index (χ4n) is 1.95. The Balaban J connectivity index is 2.14. The van der Waals surface area contributed by atoms with Gasteiger partial charge in [0.05, 0.1) is 18.6 Å². The van der Waals surface area contributed by atoms with Crippen molar-refractivity contribution in [3.8, 4) is 5.75 Å². The number of rotatable bonds is 6. The highest BCUT2D eigenvalue weighted by Gasteiger charge is 2.33. The van der Waals surface area contributed by atoms with Gasteiger partial charge in [-0.1, -0.05) is 49.1 Å². The van der Waals surface area contributed by atoms with E-state index in [2.05, 4.69) is 0 Å². The molecule has 0 unspecified atom stereocenters. The van der Waals surface area contributed by atoms with Gasteiger partial charge >= 0.3 is 5.97 Å². The summed E-state index contributed by atoms with van der Waals surface area (Å²) in [4.78, 5) is 25.8. The number of para-hydroxylation sites is 1. The van der Waals surface area contributed by atoms with Crippen LogP contribution in [0.3, 0.4) is 0 Å². The third kappa shape index (κ3) is 4.33. The van der Waals surface area contributed by atoms with Gasteiger partial charge in [-0.05, 0) is 18.6 Å². The minimum Gasteiger partial charge on any atom is -0.496 e. The zero-order chi connectivity index (χ0) is 16.8. The van der Waals surface area contributed by atoms with Crippen LogP contribution in [0.4, 0.5) is 0 Å². The Bertz CT molecular complexity index is 657. The Morgan fingerprint density at radius 2 is 2.13 bits per heavy atom. The second-order valence-corrected chi connectivity index (χ2v) is 6.41. The number of ether oxygens (including phenoxy) is 2. The highest BCUT2D eigenvalue weighted by atomic mass is 32.2.